The molecule has 20 heavy (non-hydrogen) atoms. The first-order valence-electron chi connectivity index (χ1n) is 6.70. The van der Waals surface area contributed by atoms with Crippen molar-refractivity contribution in [1.29, 1.82) is 0 Å². The van der Waals surface area contributed by atoms with Crippen LogP contribution in [0.2, 0.25) is 0 Å². The fourth-order valence-electron chi connectivity index (χ4n) is 2.09. The van der Waals surface area contributed by atoms with E-state index in [1.165, 1.54) is 4.70 Å². The molecule has 0 saturated heterocycles. The van der Waals surface area contributed by atoms with E-state index in [0.29, 0.717) is 12.5 Å². The molecule has 0 spiro atoms. The highest BCUT2D eigenvalue weighted by atomic mass is 35.5. The SMILES string of the molecule is CC(C)C(C)N(Cc1ccc2scnc2c1)C(=O)CCl. The highest BCUT2D eigenvalue weighted by Crippen LogP contribution is 2.21. The number of fused-ring (bicyclic) bond motifs is 1. The van der Waals surface area contributed by atoms with Crippen molar-refractivity contribution in [3.63, 3.8) is 0 Å². The van der Waals surface area contributed by atoms with Crippen molar-refractivity contribution < 1.29 is 4.79 Å². The number of amides is 1. The zero-order valence-electron chi connectivity index (χ0n) is 12.0. The van der Waals surface area contributed by atoms with Crippen LogP contribution in [0.4, 0.5) is 0 Å². The molecule has 0 radical (unpaired) electrons. The summed E-state index contributed by atoms with van der Waals surface area (Å²) in [6.07, 6.45) is 0. The number of aromatic nitrogens is 1. The molecule has 0 aliphatic carbocycles. The second-order valence-electron chi connectivity index (χ2n) is 5.29. The summed E-state index contributed by atoms with van der Waals surface area (Å²) in [5.41, 5.74) is 3.92. The molecule has 108 valence electrons. The summed E-state index contributed by atoms with van der Waals surface area (Å²) < 4.78 is 1.17. The first-order valence-corrected chi connectivity index (χ1v) is 8.12. The maximum atomic E-state index is 12.1. The van der Waals surface area contributed by atoms with Gasteiger partial charge in [0.25, 0.3) is 0 Å². The van der Waals surface area contributed by atoms with Gasteiger partial charge in [0.05, 0.1) is 15.7 Å². The van der Waals surface area contributed by atoms with Gasteiger partial charge in [-0.3, -0.25) is 4.79 Å². The Bertz CT molecular complexity index is 596. The summed E-state index contributed by atoms with van der Waals surface area (Å²) >= 11 is 7.36. The first kappa shape index (κ1) is 15.3. The molecule has 0 aliphatic heterocycles. The fourth-order valence-corrected chi connectivity index (χ4v) is 2.91. The van der Waals surface area contributed by atoms with Crippen LogP contribution in [-0.2, 0) is 11.3 Å². The second kappa shape index (κ2) is 6.55. The van der Waals surface area contributed by atoms with Crippen molar-refractivity contribution in [3.8, 4) is 0 Å². The van der Waals surface area contributed by atoms with Crippen LogP contribution in [-0.4, -0.2) is 27.7 Å². The minimum absolute atomic E-state index is 0.0220. The van der Waals surface area contributed by atoms with Crippen molar-refractivity contribution in [2.24, 2.45) is 5.92 Å². The smallest absolute Gasteiger partial charge is 0.238 e. The third-order valence-corrected chi connectivity index (χ3v) is 4.68. The summed E-state index contributed by atoms with van der Waals surface area (Å²) in [6.45, 7) is 6.88. The summed E-state index contributed by atoms with van der Waals surface area (Å²) in [4.78, 5) is 18.2. The molecule has 1 amide bonds. The first-order chi connectivity index (χ1) is 9.52. The van der Waals surface area contributed by atoms with E-state index in [0.717, 1.165) is 11.1 Å². The van der Waals surface area contributed by atoms with Crippen LogP contribution in [0.25, 0.3) is 10.2 Å². The van der Waals surface area contributed by atoms with Crippen molar-refractivity contribution >= 4 is 39.1 Å². The zero-order chi connectivity index (χ0) is 14.7. The van der Waals surface area contributed by atoms with E-state index in [1.54, 1.807) is 11.3 Å². The lowest BCUT2D eigenvalue weighted by Crippen LogP contribution is -2.41. The Morgan fingerprint density at radius 2 is 2.15 bits per heavy atom. The Balaban J connectivity index is 2.23. The van der Waals surface area contributed by atoms with E-state index in [2.05, 4.69) is 37.9 Å². The average molecular weight is 311 g/mol. The van der Waals surface area contributed by atoms with E-state index in [-0.39, 0.29) is 17.8 Å². The molecule has 1 unspecified atom stereocenters. The third-order valence-electron chi connectivity index (χ3n) is 3.64. The van der Waals surface area contributed by atoms with Gasteiger partial charge in [-0.2, -0.15) is 0 Å². The van der Waals surface area contributed by atoms with E-state index in [9.17, 15) is 4.79 Å². The van der Waals surface area contributed by atoms with Crippen LogP contribution in [0, 0.1) is 5.92 Å². The monoisotopic (exact) mass is 310 g/mol. The number of alkyl halides is 1. The maximum absolute atomic E-state index is 12.1. The van der Waals surface area contributed by atoms with Crippen molar-refractivity contribution in [2.45, 2.75) is 33.4 Å². The van der Waals surface area contributed by atoms with Gasteiger partial charge in [-0.05, 0) is 30.5 Å². The average Bonchev–Trinajstić information content (AvgIpc) is 2.90. The van der Waals surface area contributed by atoms with Crippen LogP contribution in [0.3, 0.4) is 0 Å². The number of thiazole rings is 1. The number of rotatable bonds is 5. The Morgan fingerprint density at radius 3 is 2.80 bits per heavy atom. The van der Waals surface area contributed by atoms with Gasteiger partial charge in [-0.25, -0.2) is 4.98 Å². The molecule has 0 fully saturated rings. The molecule has 5 heteroatoms. The van der Waals surface area contributed by atoms with Crippen molar-refractivity contribution in [1.82, 2.24) is 9.88 Å². The number of carbonyl (C=O) groups is 1. The highest BCUT2D eigenvalue weighted by molar-refractivity contribution is 7.16. The molecule has 2 rings (SSSR count). The minimum Gasteiger partial charge on any atom is -0.334 e. The molecule has 3 nitrogen and oxygen atoms in total. The molecule has 1 aromatic carbocycles. The summed E-state index contributed by atoms with van der Waals surface area (Å²) in [5.74, 6) is 0.395. The predicted octanol–water partition coefficient (Wildman–Crippen LogP) is 3.91. The van der Waals surface area contributed by atoms with E-state index in [4.69, 9.17) is 11.6 Å². The molecule has 0 saturated carbocycles. The zero-order valence-corrected chi connectivity index (χ0v) is 13.5. The summed E-state index contributed by atoms with van der Waals surface area (Å²) in [6, 6.07) is 6.33. The predicted molar refractivity (Wildman–Crippen MR) is 85.2 cm³/mol. The normalized spacial score (nSPS) is 12.8. The lowest BCUT2D eigenvalue weighted by atomic mass is 10.0. The number of hydrogen-bond acceptors (Lipinski definition) is 3. The number of benzene rings is 1. The second-order valence-corrected chi connectivity index (χ2v) is 6.45. The topological polar surface area (TPSA) is 33.2 Å². The van der Waals surface area contributed by atoms with Crippen molar-refractivity contribution in [2.75, 3.05) is 5.88 Å². The largest absolute Gasteiger partial charge is 0.334 e. The quantitative estimate of drug-likeness (QED) is 0.785. The van der Waals surface area contributed by atoms with Crippen molar-refractivity contribution in [3.05, 3.63) is 29.3 Å². The lowest BCUT2D eigenvalue weighted by Gasteiger charge is -2.31. The van der Waals surface area contributed by atoms with Gasteiger partial charge < -0.3 is 4.90 Å². The molecule has 1 aromatic heterocycles. The van der Waals surface area contributed by atoms with Gasteiger partial charge in [0.1, 0.15) is 5.88 Å². The van der Waals surface area contributed by atoms with E-state index < -0.39 is 0 Å². The fraction of sp³-hybridized carbons (Fsp3) is 0.467. The van der Waals surface area contributed by atoms with Gasteiger partial charge >= 0.3 is 0 Å². The lowest BCUT2D eigenvalue weighted by molar-refractivity contribution is -0.132. The Hall–Kier alpha value is -1.13. The molecule has 0 aliphatic rings. The molecule has 1 atom stereocenters. The highest BCUT2D eigenvalue weighted by Gasteiger charge is 2.22. The van der Waals surface area contributed by atoms with Crippen LogP contribution in [0.15, 0.2) is 23.7 Å². The van der Waals surface area contributed by atoms with Crippen LogP contribution in [0.1, 0.15) is 26.3 Å². The van der Waals surface area contributed by atoms with E-state index in [1.807, 2.05) is 16.5 Å². The van der Waals surface area contributed by atoms with Gasteiger partial charge in [0.15, 0.2) is 0 Å². The van der Waals surface area contributed by atoms with Crippen LogP contribution < -0.4 is 0 Å². The summed E-state index contributed by atoms with van der Waals surface area (Å²) in [7, 11) is 0. The molecule has 0 bridgehead atoms. The number of hydrogen-bond donors (Lipinski definition) is 0. The molecule has 0 N–H and O–H groups in total. The third kappa shape index (κ3) is 3.30. The van der Waals surface area contributed by atoms with E-state index >= 15 is 0 Å². The van der Waals surface area contributed by atoms with Crippen LogP contribution >= 0.6 is 22.9 Å². The molecular formula is C15H19ClN2OS. The van der Waals surface area contributed by atoms with Gasteiger partial charge in [-0.15, -0.1) is 22.9 Å². The number of halogens is 1. The molecule has 1 heterocycles. The number of carbonyl (C=O) groups excluding carboxylic acids is 1. The van der Waals surface area contributed by atoms with Crippen LogP contribution in [0.5, 0.6) is 0 Å². The summed E-state index contributed by atoms with van der Waals surface area (Å²) in [5, 5.41) is 0. The standard InChI is InChI=1S/C15H19ClN2OS/c1-10(2)11(3)18(15(19)7-16)8-12-4-5-14-13(6-12)17-9-20-14/h4-6,9-11H,7-8H2,1-3H3. The number of nitrogens with zero attached hydrogens (tertiary/aromatic N) is 2. The van der Waals surface area contributed by atoms with Gasteiger partial charge in [-0.1, -0.05) is 19.9 Å². The Kier molecular flexibility index (Phi) is 5.00. The molecular weight excluding hydrogens is 292 g/mol. The Morgan fingerprint density at radius 1 is 1.40 bits per heavy atom. The minimum atomic E-state index is -0.0220. The molecule has 2 aromatic rings. The van der Waals surface area contributed by atoms with Gasteiger partial charge in [0.2, 0.25) is 5.91 Å². The van der Waals surface area contributed by atoms with Gasteiger partial charge in [0, 0.05) is 12.6 Å². The maximum Gasteiger partial charge on any atom is 0.238 e. The Labute approximate surface area is 128 Å².